The van der Waals surface area contributed by atoms with Crippen LogP contribution in [0.3, 0.4) is 0 Å². The first-order valence-electron chi connectivity index (χ1n) is 11.2. The third-order valence-corrected chi connectivity index (χ3v) is 6.37. The molecule has 4 rings (SSSR count). The number of aliphatic hydroxyl groups is 2. The van der Waals surface area contributed by atoms with Gasteiger partial charge in [-0.15, -0.1) is 0 Å². The second-order valence-electron chi connectivity index (χ2n) is 8.62. The van der Waals surface area contributed by atoms with E-state index in [-0.39, 0.29) is 6.10 Å². The Hall–Kier alpha value is -2.42. The highest BCUT2D eigenvalue weighted by Crippen LogP contribution is 2.33. The smallest absolute Gasteiger partial charge is 0.0830 e. The average molecular weight is 400 g/mol. The van der Waals surface area contributed by atoms with Gasteiger partial charge in [-0.2, -0.15) is 0 Å². The van der Waals surface area contributed by atoms with Crippen molar-refractivity contribution in [3.63, 3.8) is 0 Å². The molecule has 0 amide bonds. The predicted octanol–water partition coefficient (Wildman–Crippen LogP) is 6.43. The molecule has 0 aliphatic heterocycles. The Labute approximate surface area is 180 Å². The summed E-state index contributed by atoms with van der Waals surface area (Å²) in [5, 5.41) is 21.3. The average Bonchev–Trinajstić information content (AvgIpc) is 2.80. The lowest BCUT2D eigenvalue weighted by molar-refractivity contribution is 0.131. The van der Waals surface area contributed by atoms with E-state index in [1.165, 1.54) is 32.1 Å². The van der Waals surface area contributed by atoms with Gasteiger partial charge in [-0.05, 0) is 52.3 Å². The standard InChI is InChI=1S/C28H31O2/c29-27(18-21-8-3-1-4-9-21)24-16-14-23(15-17-24)25-12-7-13-26(20-25)28(30)19-22-10-5-2-6-11-22/h2,5-7,10-11,13-17,20-21,27-30H,1,3-4,8-9,18-19H2. The van der Waals surface area contributed by atoms with Crippen molar-refractivity contribution in [1.29, 1.82) is 0 Å². The minimum atomic E-state index is -0.544. The summed E-state index contributed by atoms with van der Waals surface area (Å²) in [6.45, 7) is 0. The highest BCUT2D eigenvalue weighted by Gasteiger charge is 2.18. The molecule has 1 radical (unpaired) electrons. The fourth-order valence-corrected chi connectivity index (χ4v) is 4.57. The van der Waals surface area contributed by atoms with Crippen LogP contribution in [0.5, 0.6) is 0 Å². The van der Waals surface area contributed by atoms with Crippen LogP contribution in [0.2, 0.25) is 0 Å². The van der Waals surface area contributed by atoms with Gasteiger partial charge in [-0.1, -0.05) is 98.8 Å². The third-order valence-electron chi connectivity index (χ3n) is 6.37. The Morgan fingerprint density at radius 1 is 0.800 bits per heavy atom. The molecule has 0 bridgehead atoms. The van der Waals surface area contributed by atoms with E-state index in [9.17, 15) is 10.2 Å². The first-order chi connectivity index (χ1) is 14.7. The molecule has 2 heteroatoms. The van der Waals surface area contributed by atoms with Crippen molar-refractivity contribution in [2.24, 2.45) is 5.92 Å². The van der Waals surface area contributed by atoms with Crippen LogP contribution in [0, 0.1) is 12.0 Å². The molecule has 1 fully saturated rings. The van der Waals surface area contributed by atoms with Crippen LogP contribution in [0.15, 0.2) is 72.8 Å². The summed E-state index contributed by atoms with van der Waals surface area (Å²) in [5.74, 6) is 0.657. The number of rotatable bonds is 7. The topological polar surface area (TPSA) is 40.5 Å². The summed E-state index contributed by atoms with van der Waals surface area (Å²) in [7, 11) is 0. The van der Waals surface area contributed by atoms with Crippen molar-refractivity contribution >= 4 is 0 Å². The molecule has 0 aromatic heterocycles. The maximum atomic E-state index is 10.7. The van der Waals surface area contributed by atoms with Gasteiger partial charge >= 0.3 is 0 Å². The van der Waals surface area contributed by atoms with Crippen LogP contribution in [0.25, 0.3) is 11.1 Å². The van der Waals surface area contributed by atoms with Crippen LogP contribution in [0.1, 0.15) is 67.4 Å². The lowest BCUT2D eigenvalue weighted by Gasteiger charge is -2.24. The van der Waals surface area contributed by atoms with E-state index in [0.717, 1.165) is 34.2 Å². The number of hydrogen-bond donors (Lipinski definition) is 2. The Kier molecular flexibility index (Phi) is 6.99. The van der Waals surface area contributed by atoms with Crippen molar-refractivity contribution in [3.05, 3.63) is 95.6 Å². The SMILES string of the molecule is OC(Cc1ccccc1)c1cc[c]c(-c2ccc(C(O)CC3CCCCC3)cc2)c1. The Morgan fingerprint density at radius 3 is 2.27 bits per heavy atom. The van der Waals surface area contributed by atoms with Gasteiger partial charge in [0.2, 0.25) is 0 Å². The molecule has 2 N–H and O–H groups in total. The van der Waals surface area contributed by atoms with Crippen molar-refractivity contribution in [2.75, 3.05) is 0 Å². The zero-order valence-electron chi connectivity index (χ0n) is 17.5. The molecule has 30 heavy (non-hydrogen) atoms. The highest BCUT2D eigenvalue weighted by atomic mass is 16.3. The van der Waals surface area contributed by atoms with Gasteiger partial charge < -0.3 is 10.2 Å². The first-order valence-corrected chi connectivity index (χ1v) is 11.2. The van der Waals surface area contributed by atoms with Gasteiger partial charge in [0.15, 0.2) is 0 Å². The molecule has 1 aliphatic carbocycles. The molecule has 0 heterocycles. The number of hydrogen-bond acceptors (Lipinski definition) is 2. The molecule has 155 valence electrons. The van der Waals surface area contributed by atoms with Gasteiger partial charge in [0, 0.05) is 6.42 Å². The lowest BCUT2D eigenvalue weighted by Crippen LogP contribution is -2.11. The lowest BCUT2D eigenvalue weighted by atomic mass is 9.84. The zero-order valence-corrected chi connectivity index (χ0v) is 17.5. The monoisotopic (exact) mass is 399 g/mol. The summed E-state index contributed by atoms with van der Waals surface area (Å²) in [4.78, 5) is 0. The van der Waals surface area contributed by atoms with Gasteiger partial charge in [-0.3, -0.25) is 0 Å². The van der Waals surface area contributed by atoms with Crippen molar-refractivity contribution < 1.29 is 10.2 Å². The van der Waals surface area contributed by atoms with Gasteiger partial charge in [-0.25, -0.2) is 0 Å². The first kappa shape index (κ1) is 20.8. The van der Waals surface area contributed by atoms with Crippen LogP contribution in [-0.2, 0) is 6.42 Å². The molecule has 1 aliphatic rings. The van der Waals surface area contributed by atoms with Crippen LogP contribution in [-0.4, -0.2) is 10.2 Å². The Morgan fingerprint density at radius 2 is 1.53 bits per heavy atom. The predicted molar refractivity (Wildman–Crippen MR) is 122 cm³/mol. The van der Waals surface area contributed by atoms with Gasteiger partial charge in [0.1, 0.15) is 0 Å². The minimum absolute atomic E-state index is 0.384. The number of aliphatic hydroxyl groups excluding tert-OH is 2. The maximum Gasteiger partial charge on any atom is 0.0830 e. The highest BCUT2D eigenvalue weighted by molar-refractivity contribution is 5.64. The normalized spacial score (nSPS) is 16.9. The summed E-state index contributed by atoms with van der Waals surface area (Å²) in [6, 6.07) is 27.3. The molecular formula is C28H31O2. The molecule has 2 atom stereocenters. The van der Waals surface area contributed by atoms with E-state index in [0.29, 0.717) is 12.3 Å². The maximum absolute atomic E-state index is 10.7. The van der Waals surface area contributed by atoms with Crippen molar-refractivity contribution in [1.82, 2.24) is 0 Å². The van der Waals surface area contributed by atoms with Crippen molar-refractivity contribution in [2.45, 2.75) is 57.2 Å². The Bertz CT molecular complexity index is 911. The van der Waals surface area contributed by atoms with E-state index in [1.54, 1.807) is 0 Å². The van der Waals surface area contributed by atoms with Crippen LogP contribution in [0.4, 0.5) is 0 Å². The largest absolute Gasteiger partial charge is 0.388 e. The molecule has 2 nitrogen and oxygen atoms in total. The molecule has 2 unspecified atom stereocenters. The fourth-order valence-electron chi connectivity index (χ4n) is 4.57. The van der Waals surface area contributed by atoms with E-state index < -0.39 is 6.10 Å². The Balaban J connectivity index is 1.43. The zero-order chi connectivity index (χ0) is 20.8. The van der Waals surface area contributed by atoms with E-state index in [4.69, 9.17) is 0 Å². The van der Waals surface area contributed by atoms with E-state index >= 15 is 0 Å². The summed E-state index contributed by atoms with van der Waals surface area (Å²) >= 11 is 0. The quantitative estimate of drug-likeness (QED) is 0.480. The van der Waals surface area contributed by atoms with E-state index in [1.807, 2.05) is 60.7 Å². The fraction of sp³-hybridized carbons (Fsp3) is 0.357. The molecule has 3 aromatic rings. The number of benzene rings is 3. The summed E-state index contributed by atoms with van der Waals surface area (Å²) in [5.41, 5.74) is 5.03. The summed E-state index contributed by atoms with van der Waals surface area (Å²) < 4.78 is 0. The molecule has 0 spiro atoms. The van der Waals surface area contributed by atoms with Crippen LogP contribution < -0.4 is 0 Å². The van der Waals surface area contributed by atoms with Gasteiger partial charge in [0.05, 0.1) is 12.2 Å². The molecule has 3 aromatic carbocycles. The third kappa shape index (κ3) is 5.38. The van der Waals surface area contributed by atoms with Crippen molar-refractivity contribution in [3.8, 4) is 11.1 Å². The minimum Gasteiger partial charge on any atom is -0.388 e. The van der Waals surface area contributed by atoms with Crippen LogP contribution >= 0.6 is 0 Å². The summed E-state index contributed by atoms with van der Waals surface area (Å²) in [6.07, 6.45) is 6.99. The molecular weight excluding hydrogens is 368 g/mol. The second-order valence-corrected chi connectivity index (χ2v) is 8.62. The van der Waals surface area contributed by atoms with Gasteiger partial charge in [0.25, 0.3) is 0 Å². The molecule has 1 saturated carbocycles. The van der Waals surface area contributed by atoms with E-state index in [2.05, 4.69) is 18.2 Å². The molecule has 0 saturated heterocycles. The second kappa shape index (κ2) is 10.1.